The smallest absolute Gasteiger partial charge is 0.436 e. The van der Waals surface area contributed by atoms with Crippen LogP contribution in [0.25, 0.3) is 0 Å². The van der Waals surface area contributed by atoms with Gasteiger partial charge in [-0.1, -0.05) is 0 Å². The van der Waals surface area contributed by atoms with Gasteiger partial charge in [0.25, 0.3) is 0 Å². The van der Waals surface area contributed by atoms with Crippen molar-refractivity contribution in [2.45, 2.75) is 25.9 Å². The van der Waals surface area contributed by atoms with Crippen LogP contribution in [0.1, 0.15) is 23.0 Å². The Balaban J connectivity index is 2.20. The van der Waals surface area contributed by atoms with E-state index in [4.69, 9.17) is 10.00 Å². The minimum absolute atomic E-state index is 0.0179. The molecule has 0 aromatic carbocycles. The quantitative estimate of drug-likeness (QED) is 0.772. The second kappa shape index (κ2) is 6.97. The van der Waals surface area contributed by atoms with Crippen molar-refractivity contribution in [1.82, 2.24) is 14.7 Å². The van der Waals surface area contributed by atoms with E-state index in [1.807, 2.05) is 6.07 Å². The van der Waals surface area contributed by atoms with E-state index < -0.39 is 29.5 Å². The fourth-order valence-electron chi connectivity index (χ4n) is 2.18. The van der Waals surface area contributed by atoms with E-state index in [0.29, 0.717) is 13.2 Å². The highest BCUT2D eigenvalue weighted by molar-refractivity contribution is 5.90. The molecule has 1 aliphatic rings. The number of morpholine rings is 1. The highest BCUT2D eigenvalue weighted by Gasteiger charge is 2.40. The van der Waals surface area contributed by atoms with Crippen molar-refractivity contribution in [2.24, 2.45) is 0 Å². The highest BCUT2D eigenvalue weighted by atomic mass is 19.4. The summed E-state index contributed by atoms with van der Waals surface area (Å²) in [6.07, 6.45) is -4.38. The molecular weight excluding hydrogens is 317 g/mol. The number of carbonyl (C=O) groups excluding carboxylic acids is 1. The van der Waals surface area contributed by atoms with Gasteiger partial charge in [-0.05, 0) is 6.92 Å². The molecule has 1 aromatic rings. The summed E-state index contributed by atoms with van der Waals surface area (Å²) in [4.78, 5) is 13.4. The number of halogens is 3. The maximum atomic E-state index is 13.0. The summed E-state index contributed by atoms with van der Waals surface area (Å²) in [5.74, 6) is -1.07. The van der Waals surface area contributed by atoms with Crippen LogP contribution in [0.15, 0.2) is 6.20 Å². The Hall–Kier alpha value is -2.12. The van der Waals surface area contributed by atoms with Gasteiger partial charge in [-0.15, -0.1) is 0 Å². The van der Waals surface area contributed by atoms with Gasteiger partial charge < -0.3 is 9.47 Å². The molecule has 0 N–H and O–H groups in total. The zero-order chi connectivity index (χ0) is 17.0. The predicted molar refractivity (Wildman–Crippen MR) is 70.1 cm³/mol. The zero-order valence-corrected chi connectivity index (χ0v) is 12.3. The molecule has 0 bridgehead atoms. The molecule has 0 unspecified atom stereocenters. The molecule has 1 aliphatic heterocycles. The van der Waals surface area contributed by atoms with Crippen molar-refractivity contribution in [3.8, 4) is 6.07 Å². The summed E-state index contributed by atoms with van der Waals surface area (Å²) in [6, 6.07) is 1.95. The molecule has 10 heteroatoms. The van der Waals surface area contributed by atoms with Crippen molar-refractivity contribution in [1.29, 1.82) is 5.26 Å². The Morgan fingerprint density at radius 1 is 1.61 bits per heavy atom. The Labute approximate surface area is 130 Å². The number of esters is 1. The molecule has 1 saturated heterocycles. The summed E-state index contributed by atoms with van der Waals surface area (Å²) in [5, 5.41) is 12.3. The number of aromatic nitrogens is 2. The third-order valence-corrected chi connectivity index (χ3v) is 3.17. The SMILES string of the molecule is CCOC(=O)c1cn(CN2CCO[C@H](C#N)C2)nc1C(F)(F)F. The van der Waals surface area contributed by atoms with Gasteiger partial charge in [0.1, 0.15) is 5.56 Å². The molecule has 0 aliphatic carbocycles. The first-order valence-electron chi connectivity index (χ1n) is 6.90. The predicted octanol–water partition coefficient (Wildman–Crippen LogP) is 1.26. The van der Waals surface area contributed by atoms with E-state index in [1.165, 1.54) is 6.92 Å². The lowest BCUT2D eigenvalue weighted by molar-refractivity contribution is -0.142. The third kappa shape index (κ3) is 4.20. The second-order valence-corrected chi connectivity index (χ2v) is 4.86. The number of hydrogen-bond acceptors (Lipinski definition) is 6. The number of rotatable bonds is 4. The van der Waals surface area contributed by atoms with Crippen molar-refractivity contribution in [2.75, 3.05) is 26.3 Å². The molecule has 23 heavy (non-hydrogen) atoms. The first-order valence-corrected chi connectivity index (χ1v) is 6.90. The van der Waals surface area contributed by atoms with Crippen LogP contribution in [0.5, 0.6) is 0 Å². The van der Waals surface area contributed by atoms with Crippen LogP contribution in [0.3, 0.4) is 0 Å². The van der Waals surface area contributed by atoms with E-state index in [2.05, 4.69) is 9.84 Å². The number of alkyl halides is 3. The van der Waals surface area contributed by atoms with Crippen LogP contribution in [0, 0.1) is 11.3 Å². The van der Waals surface area contributed by atoms with Crippen LogP contribution in [-0.2, 0) is 22.3 Å². The fourth-order valence-corrected chi connectivity index (χ4v) is 2.18. The molecule has 0 spiro atoms. The van der Waals surface area contributed by atoms with E-state index >= 15 is 0 Å². The lowest BCUT2D eigenvalue weighted by Crippen LogP contribution is -2.42. The van der Waals surface area contributed by atoms with Crippen molar-refractivity contribution >= 4 is 5.97 Å². The molecule has 2 rings (SSSR count). The van der Waals surface area contributed by atoms with Crippen molar-refractivity contribution in [3.63, 3.8) is 0 Å². The maximum absolute atomic E-state index is 13.0. The fraction of sp³-hybridized carbons (Fsp3) is 0.615. The van der Waals surface area contributed by atoms with Crippen molar-refractivity contribution in [3.05, 3.63) is 17.5 Å². The molecule has 1 aromatic heterocycles. The van der Waals surface area contributed by atoms with E-state index in [0.717, 1.165) is 10.9 Å². The van der Waals surface area contributed by atoms with Crippen LogP contribution >= 0.6 is 0 Å². The minimum atomic E-state index is -4.76. The molecule has 126 valence electrons. The first-order chi connectivity index (χ1) is 10.8. The van der Waals surface area contributed by atoms with Gasteiger partial charge in [-0.3, -0.25) is 9.58 Å². The molecule has 0 saturated carbocycles. The molecule has 0 radical (unpaired) electrons. The molecule has 7 nitrogen and oxygen atoms in total. The lowest BCUT2D eigenvalue weighted by Gasteiger charge is -2.29. The zero-order valence-electron chi connectivity index (χ0n) is 12.3. The standard InChI is InChI=1S/C13H15F3N4O3/c1-2-22-12(21)10-7-20(18-11(10)13(14,15)16)8-19-3-4-23-9(5-17)6-19/h7,9H,2-4,6,8H2,1H3/t9-/m1/s1. The molecule has 2 heterocycles. The highest BCUT2D eigenvalue weighted by Crippen LogP contribution is 2.31. The van der Waals surface area contributed by atoms with Crippen LogP contribution in [0.2, 0.25) is 0 Å². The van der Waals surface area contributed by atoms with Crippen LogP contribution < -0.4 is 0 Å². The Morgan fingerprint density at radius 3 is 2.96 bits per heavy atom. The molecule has 1 atom stereocenters. The van der Waals surface area contributed by atoms with Gasteiger partial charge >= 0.3 is 12.1 Å². The third-order valence-electron chi connectivity index (χ3n) is 3.17. The number of carbonyl (C=O) groups is 1. The lowest BCUT2D eigenvalue weighted by atomic mass is 10.2. The van der Waals surface area contributed by atoms with E-state index in [1.54, 1.807) is 4.90 Å². The number of ether oxygens (including phenoxy) is 2. The first kappa shape index (κ1) is 17.2. The van der Waals surface area contributed by atoms with E-state index in [-0.39, 0.29) is 19.8 Å². The van der Waals surface area contributed by atoms with Crippen LogP contribution in [-0.4, -0.2) is 53.1 Å². The summed E-state index contributed by atoms with van der Waals surface area (Å²) < 4.78 is 49.8. The number of nitrogens with zero attached hydrogens (tertiary/aromatic N) is 4. The summed E-state index contributed by atoms with van der Waals surface area (Å²) in [5.41, 5.74) is -1.90. The van der Waals surface area contributed by atoms with Gasteiger partial charge in [0, 0.05) is 19.3 Å². The van der Waals surface area contributed by atoms with Gasteiger partial charge in [-0.25, -0.2) is 4.79 Å². The number of nitriles is 1. The Morgan fingerprint density at radius 2 is 2.35 bits per heavy atom. The second-order valence-electron chi connectivity index (χ2n) is 4.86. The summed E-state index contributed by atoms with van der Waals surface area (Å²) >= 11 is 0. The maximum Gasteiger partial charge on any atom is 0.436 e. The summed E-state index contributed by atoms with van der Waals surface area (Å²) in [7, 11) is 0. The number of hydrogen-bond donors (Lipinski definition) is 0. The average molecular weight is 332 g/mol. The van der Waals surface area contributed by atoms with Gasteiger partial charge in [0.05, 0.1) is 26.0 Å². The van der Waals surface area contributed by atoms with Crippen molar-refractivity contribution < 1.29 is 27.4 Å². The van der Waals surface area contributed by atoms with Gasteiger partial charge in [-0.2, -0.15) is 23.5 Å². The normalized spacial score (nSPS) is 19.3. The Bertz CT molecular complexity index is 609. The van der Waals surface area contributed by atoms with Gasteiger partial charge in [0.15, 0.2) is 11.8 Å². The topological polar surface area (TPSA) is 80.4 Å². The molecular formula is C13H15F3N4O3. The van der Waals surface area contributed by atoms with Crippen LogP contribution in [0.4, 0.5) is 13.2 Å². The molecule has 1 fully saturated rings. The molecule has 0 amide bonds. The monoisotopic (exact) mass is 332 g/mol. The largest absolute Gasteiger partial charge is 0.462 e. The summed E-state index contributed by atoms with van der Waals surface area (Å²) in [6.45, 7) is 2.50. The van der Waals surface area contributed by atoms with Gasteiger partial charge in [0.2, 0.25) is 0 Å². The van der Waals surface area contributed by atoms with E-state index in [9.17, 15) is 18.0 Å². The average Bonchev–Trinajstić information content (AvgIpc) is 2.92. The minimum Gasteiger partial charge on any atom is -0.462 e. The Kier molecular flexibility index (Phi) is 5.23.